The molecule has 93 heavy (non-hydrogen) atoms. The Balaban J connectivity index is 5.08. The minimum atomic E-state index is -4.95. The molecule has 0 rings (SSSR count). The molecule has 552 valence electrons. The number of hydrogen-bond acceptors (Lipinski definition) is 15. The Bertz CT molecular complexity index is 1790. The van der Waals surface area contributed by atoms with Crippen LogP contribution >= 0.6 is 15.6 Å². The quantitative estimate of drug-likeness (QED) is 0.0222. The first kappa shape index (κ1) is 91.1. The number of rotatable bonds is 74. The van der Waals surface area contributed by atoms with Gasteiger partial charge in [-0.1, -0.05) is 336 Å². The fourth-order valence-electron chi connectivity index (χ4n) is 11.3. The van der Waals surface area contributed by atoms with Crippen LogP contribution in [0.3, 0.4) is 0 Å². The zero-order valence-electron chi connectivity index (χ0n) is 60.4. The molecule has 6 atom stereocenters. The van der Waals surface area contributed by atoms with E-state index in [1.165, 1.54) is 199 Å². The Hall–Kier alpha value is -1.94. The monoisotopic (exact) mass is 1370 g/mol. The molecule has 3 unspecified atom stereocenters. The third-order valence-corrected chi connectivity index (χ3v) is 19.5. The lowest BCUT2D eigenvalue weighted by atomic mass is 9.99. The number of aliphatic hydroxyl groups excluding tert-OH is 1. The first-order valence-corrected chi connectivity index (χ1v) is 41.7. The number of hydrogen-bond donors (Lipinski definition) is 3. The maximum Gasteiger partial charge on any atom is 0.472 e. The molecule has 0 bridgehead atoms. The summed E-state index contributed by atoms with van der Waals surface area (Å²) in [6, 6.07) is 0. The molecule has 0 aliphatic heterocycles. The van der Waals surface area contributed by atoms with Crippen molar-refractivity contribution in [2.24, 2.45) is 5.92 Å². The van der Waals surface area contributed by atoms with E-state index >= 15 is 0 Å². The highest BCUT2D eigenvalue weighted by Crippen LogP contribution is 2.45. The second kappa shape index (κ2) is 67.3. The van der Waals surface area contributed by atoms with Gasteiger partial charge in [-0.05, 0) is 31.6 Å². The van der Waals surface area contributed by atoms with E-state index in [2.05, 4.69) is 34.6 Å². The molecule has 0 amide bonds. The lowest BCUT2D eigenvalue weighted by Gasteiger charge is -2.21. The van der Waals surface area contributed by atoms with Gasteiger partial charge < -0.3 is 33.8 Å². The normalized spacial score (nSPS) is 14.3. The molecule has 0 heterocycles. The summed E-state index contributed by atoms with van der Waals surface area (Å²) in [4.78, 5) is 72.3. The predicted octanol–water partition coefficient (Wildman–Crippen LogP) is 21.7. The summed E-state index contributed by atoms with van der Waals surface area (Å²) in [5, 5.41) is 10.6. The van der Waals surface area contributed by atoms with E-state index in [0.717, 1.165) is 109 Å². The van der Waals surface area contributed by atoms with Crippen LogP contribution in [0.1, 0.15) is 388 Å². The lowest BCUT2D eigenvalue weighted by molar-refractivity contribution is -0.161. The zero-order chi connectivity index (χ0) is 68.4. The Morgan fingerprint density at radius 3 is 0.763 bits per heavy atom. The van der Waals surface area contributed by atoms with Crippen molar-refractivity contribution in [3.05, 3.63) is 0 Å². The van der Waals surface area contributed by atoms with E-state index in [9.17, 15) is 43.2 Å². The Morgan fingerprint density at radius 2 is 0.516 bits per heavy atom. The van der Waals surface area contributed by atoms with Crippen molar-refractivity contribution in [1.82, 2.24) is 0 Å². The van der Waals surface area contributed by atoms with E-state index in [4.69, 9.17) is 37.0 Å². The Labute approximate surface area is 568 Å². The number of unbranched alkanes of at least 4 members (excludes halogenated alkanes) is 45. The van der Waals surface area contributed by atoms with Crippen molar-refractivity contribution in [3.63, 3.8) is 0 Å². The largest absolute Gasteiger partial charge is 0.472 e. The summed E-state index contributed by atoms with van der Waals surface area (Å²) in [6.45, 7) is 7.22. The number of esters is 4. The molecule has 0 saturated heterocycles. The number of ether oxygens (including phenoxy) is 4. The van der Waals surface area contributed by atoms with Gasteiger partial charge in [-0.3, -0.25) is 37.3 Å². The second-order valence-electron chi connectivity index (χ2n) is 26.9. The molecule has 0 fully saturated rings. The van der Waals surface area contributed by atoms with Gasteiger partial charge in [-0.15, -0.1) is 0 Å². The van der Waals surface area contributed by atoms with Gasteiger partial charge >= 0.3 is 39.5 Å². The van der Waals surface area contributed by atoms with Crippen LogP contribution in [0.5, 0.6) is 0 Å². The zero-order valence-corrected chi connectivity index (χ0v) is 62.2. The van der Waals surface area contributed by atoms with E-state index in [-0.39, 0.29) is 25.7 Å². The molecule has 0 spiro atoms. The maximum atomic E-state index is 13.1. The molecule has 0 aromatic carbocycles. The highest BCUT2D eigenvalue weighted by Gasteiger charge is 2.30. The first-order chi connectivity index (χ1) is 45.1. The van der Waals surface area contributed by atoms with Crippen LogP contribution in [-0.4, -0.2) is 96.7 Å². The molecule has 0 aromatic rings. The molecular weight excluding hydrogens is 1220 g/mol. The minimum Gasteiger partial charge on any atom is -0.462 e. The fourth-order valence-corrected chi connectivity index (χ4v) is 12.9. The highest BCUT2D eigenvalue weighted by atomic mass is 31.2. The summed E-state index contributed by atoms with van der Waals surface area (Å²) in [5.41, 5.74) is 0. The molecule has 0 aliphatic carbocycles. The fraction of sp³-hybridized carbons (Fsp3) is 0.946. The van der Waals surface area contributed by atoms with Gasteiger partial charge in [0.2, 0.25) is 0 Å². The summed E-state index contributed by atoms with van der Waals surface area (Å²) < 4.78 is 68.1. The smallest absolute Gasteiger partial charge is 0.462 e. The Kier molecular flexibility index (Phi) is 65.9. The SMILES string of the molecule is CCCCCCCCCCCCCCCCCCCCC(=O)OC[C@H](COP(=O)(O)OC[C@@H](O)COP(=O)(O)OC[C@@H](COC(=O)CCCCCCC)OC(=O)CCCCCCCCCC)OC(=O)CCCCCCCCCCCCCCCCCCCCC(C)CC. The Morgan fingerprint density at radius 1 is 0.301 bits per heavy atom. The molecule has 3 N–H and O–H groups in total. The molecule has 0 aromatic heterocycles. The third kappa shape index (κ3) is 67.0. The molecular formula is C74H144O17P2. The van der Waals surface area contributed by atoms with Crippen LogP contribution in [0.25, 0.3) is 0 Å². The lowest BCUT2D eigenvalue weighted by Crippen LogP contribution is -2.30. The standard InChI is InChI=1S/C74H144O17P2/c1-6-10-13-16-18-20-21-22-23-24-28-31-34-37-40-44-48-53-58-72(77)85-64-70(91-74(79)60-55-50-45-41-38-35-32-29-26-25-27-30-33-36-39-42-47-51-56-67(5)9-4)66-89-93(82,83)87-62-68(75)61-86-92(80,81)88-65-69(63-84-71(76)57-52-46-15-12-8-3)90-73(78)59-54-49-43-19-17-14-11-7-2/h67-70,75H,6-66H2,1-5H3,(H,80,81)(H,82,83)/t67?,68-,69+,70+/m0/s1. The van der Waals surface area contributed by atoms with Crippen LogP contribution in [-0.2, 0) is 65.4 Å². The third-order valence-electron chi connectivity index (χ3n) is 17.6. The van der Waals surface area contributed by atoms with Crippen molar-refractivity contribution >= 4 is 39.5 Å². The van der Waals surface area contributed by atoms with Crippen LogP contribution in [0.2, 0.25) is 0 Å². The van der Waals surface area contributed by atoms with Crippen molar-refractivity contribution in [3.8, 4) is 0 Å². The maximum absolute atomic E-state index is 13.1. The number of phosphoric acid groups is 2. The molecule has 19 heteroatoms. The second-order valence-corrected chi connectivity index (χ2v) is 29.8. The summed E-state index contributed by atoms with van der Waals surface area (Å²) in [6.07, 6.45) is 56.1. The van der Waals surface area contributed by atoms with E-state index < -0.39 is 97.5 Å². The number of aliphatic hydroxyl groups is 1. The van der Waals surface area contributed by atoms with Gasteiger partial charge in [0.05, 0.1) is 26.4 Å². The van der Waals surface area contributed by atoms with Crippen LogP contribution in [0.15, 0.2) is 0 Å². The number of carbonyl (C=O) groups excluding carboxylic acids is 4. The van der Waals surface area contributed by atoms with Gasteiger partial charge in [0.15, 0.2) is 12.2 Å². The molecule has 17 nitrogen and oxygen atoms in total. The molecule has 0 aliphatic rings. The minimum absolute atomic E-state index is 0.104. The van der Waals surface area contributed by atoms with Crippen molar-refractivity contribution in [2.75, 3.05) is 39.6 Å². The van der Waals surface area contributed by atoms with E-state index in [1.807, 2.05) is 0 Å². The van der Waals surface area contributed by atoms with Crippen molar-refractivity contribution in [2.45, 2.75) is 406 Å². The first-order valence-electron chi connectivity index (χ1n) is 38.7. The summed E-state index contributed by atoms with van der Waals surface area (Å²) in [5.74, 6) is -1.26. The highest BCUT2D eigenvalue weighted by molar-refractivity contribution is 7.47. The number of carbonyl (C=O) groups is 4. The van der Waals surface area contributed by atoms with Crippen molar-refractivity contribution in [1.29, 1.82) is 0 Å². The average molecular weight is 1370 g/mol. The van der Waals surface area contributed by atoms with E-state index in [1.54, 1.807) is 0 Å². The van der Waals surface area contributed by atoms with Crippen LogP contribution in [0.4, 0.5) is 0 Å². The van der Waals surface area contributed by atoms with Crippen LogP contribution < -0.4 is 0 Å². The molecule has 0 saturated carbocycles. The topological polar surface area (TPSA) is 237 Å². The average Bonchev–Trinajstić information content (AvgIpc) is 3.08. The van der Waals surface area contributed by atoms with Gasteiger partial charge in [-0.2, -0.15) is 0 Å². The predicted molar refractivity (Wildman–Crippen MR) is 377 cm³/mol. The van der Waals surface area contributed by atoms with Gasteiger partial charge in [-0.25, -0.2) is 9.13 Å². The molecule has 0 radical (unpaired) electrons. The van der Waals surface area contributed by atoms with E-state index in [0.29, 0.717) is 25.7 Å². The summed E-state index contributed by atoms with van der Waals surface area (Å²) in [7, 11) is -9.89. The van der Waals surface area contributed by atoms with Gasteiger partial charge in [0.1, 0.15) is 19.3 Å². The van der Waals surface area contributed by atoms with Crippen LogP contribution in [0, 0.1) is 5.92 Å². The van der Waals surface area contributed by atoms with Crippen molar-refractivity contribution < 1.29 is 80.2 Å². The van der Waals surface area contributed by atoms with Gasteiger partial charge in [0.25, 0.3) is 0 Å². The van der Waals surface area contributed by atoms with Gasteiger partial charge in [0, 0.05) is 25.7 Å². The number of phosphoric ester groups is 2. The summed E-state index contributed by atoms with van der Waals surface area (Å²) >= 11 is 0.